The Morgan fingerprint density at radius 3 is 2.25 bits per heavy atom. The molecule has 2 rings (SSSR count). The van der Waals surface area contributed by atoms with Crippen molar-refractivity contribution < 1.29 is 18.8 Å². The minimum absolute atomic E-state index is 0.104. The van der Waals surface area contributed by atoms with E-state index < -0.39 is 18.3 Å². The summed E-state index contributed by atoms with van der Waals surface area (Å²) in [6.45, 7) is 9.41. The summed E-state index contributed by atoms with van der Waals surface area (Å²) in [4.78, 5) is 15.8. The lowest BCUT2D eigenvalue weighted by Gasteiger charge is -2.32. The lowest BCUT2D eigenvalue weighted by molar-refractivity contribution is 0.00578. The topological polar surface area (TPSA) is 57.6 Å². The number of pyridine rings is 1. The molecule has 6 heteroatoms. The number of hydrogen-bond donors (Lipinski definition) is 0. The Morgan fingerprint density at radius 1 is 1.25 bits per heavy atom. The Hall–Kier alpha value is -1.40. The van der Waals surface area contributed by atoms with E-state index in [9.17, 15) is 4.79 Å². The van der Waals surface area contributed by atoms with E-state index in [0.29, 0.717) is 11.4 Å². The van der Waals surface area contributed by atoms with E-state index >= 15 is 0 Å². The van der Waals surface area contributed by atoms with Gasteiger partial charge in [0.1, 0.15) is 0 Å². The van der Waals surface area contributed by atoms with Crippen molar-refractivity contribution >= 4 is 18.4 Å². The second-order valence-corrected chi connectivity index (χ2v) is 5.97. The van der Waals surface area contributed by atoms with E-state index in [2.05, 4.69) is 4.98 Å². The van der Waals surface area contributed by atoms with Gasteiger partial charge in [-0.05, 0) is 40.7 Å². The van der Waals surface area contributed by atoms with E-state index in [-0.39, 0.29) is 5.78 Å². The van der Waals surface area contributed by atoms with Gasteiger partial charge in [0.25, 0.3) is 0 Å². The molecule has 1 aliphatic heterocycles. The average molecular weight is 277 g/mol. The van der Waals surface area contributed by atoms with Gasteiger partial charge in [-0.15, -0.1) is 0 Å². The normalized spacial score (nSPS) is 20.0. The highest BCUT2D eigenvalue weighted by atomic mass is 16.7. The molecule has 0 unspecified atom stereocenters. The number of carbonyl (C=O) groups excluding carboxylic acids is 1. The SMILES string of the molecule is COc1ncc(B2OC(C)(C)C(C)(C)O2)cc1C(C)=O. The first-order chi connectivity index (χ1) is 9.18. The fourth-order valence-electron chi connectivity index (χ4n) is 1.99. The van der Waals surface area contributed by atoms with E-state index in [4.69, 9.17) is 14.0 Å². The highest BCUT2D eigenvalue weighted by Gasteiger charge is 2.51. The molecule has 2 heterocycles. The molecular weight excluding hydrogens is 257 g/mol. The predicted molar refractivity (Wildman–Crippen MR) is 76.5 cm³/mol. The van der Waals surface area contributed by atoms with Crippen LogP contribution in [-0.2, 0) is 9.31 Å². The van der Waals surface area contributed by atoms with Gasteiger partial charge in [-0.3, -0.25) is 4.79 Å². The van der Waals surface area contributed by atoms with Crippen molar-refractivity contribution in [1.29, 1.82) is 0 Å². The van der Waals surface area contributed by atoms with Crippen LogP contribution in [0, 0.1) is 0 Å². The van der Waals surface area contributed by atoms with Gasteiger partial charge in [-0.2, -0.15) is 0 Å². The lowest BCUT2D eigenvalue weighted by Crippen LogP contribution is -2.41. The molecule has 0 aliphatic carbocycles. The fourth-order valence-corrected chi connectivity index (χ4v) is 1.99. The number of nitrogens with zero attached hydrogens (tertiary/aromatic N) is 1. The highest BCUT2D eigenvalue weighted by Crippen LogP contribution is 2.36. The number of aromatic nitrogens is 1. The van der Waals surface area contributed by atoms with Gasteiger partial charge in [-0.1, -0.05) is 0 Å². The predicted octanol–water partition coefficient (Wildman–Crippen LogP) is 1.59. The molecule has 0 aromatic carbocycles. The summed E-state index contributed by atoms with van der Waals surface area (Å²) in [7, 11) is 0.958. The molecule has 108 valence electrons. The van der Waals surface area contributed by atoms with Gasteiger partial charge in [-0.25, -0.2) is 4.98 Å². The number of rotatable bonds is 3. The van der Waals surface area contributed by atoms with Crippen LogP contribution in [0.4, 0.5) is 0 Å². The van der Waals surface area contributed by atoms with Crippen molar-refractivity contribution in [3.63, 3.8) is 0 Å². The average Bonchev–Trinajstić information content (AvgIpc) is 2.57. The van der Waals surface area contributed by atoms with Crippen molar-refractivity contribution in [2.75, 3.05) is 7.11 Å². The van der Waals surface area contributed by atoms with Crippen LogP contribution in [0.2, 0.25) is 0 Å². The van der Waals surface area contributed by atoms with Crippen molar-refractivity contribution in [2.24, 2.45) is 0 Å². The zero-order chi connectivity index (χ0) is 15.1. The molecule has 0 atom stereocenters. The quantitative estimate of drug-likeness (QED) is 0.620. The zero-order valence-corrected chi connectivity index (χ0v) is 12.8. The summed E-state index contributed by atoms with van der Waals surface area (Å²) in [5, 5.41) is 0. The Kier molecular flexibility index (Phi) is 3.65. The summed E-state index contributed by atoms with van der Waals surface area (Å²) in [5.74, 6) is 0.213. The molecule has 0 radical (unpaired) electrons. The maximum Gasteiger partial charge on any atom is 0.496 e. The second kappa shape index (κ2) is 4.86. The molecule has 0 spiro atoms. The smallest absolute Gasteiger partial charge is 0.480 e. The minimum atomic E-state index is -0.531. The van der Waals surface area contributed by atoms with Crippen molar-refractivity contribution in [3.8, 4) is 5.88 Å². The van der Waals surface area contributed by atoms with Gasteiger partial charge in [0.05, 0.1) is 23.9 Å². The van der Waals surface area contributed by atoms with Crippen LogP contribution in [0.15, 0.2) is 12.3 Å². The van der Waals surface area contributed by atoms with Crippen LogP contribution in [0.5, 0.6) is 5.88 Å². The van der Waals surface area contributed by atoms with E-state index in [1.54, 1.807) is 12.3 Å². The molecule has 0 amide bonds. The molecule has 0 saturated carbocycles. The molecule has 5 nitrogen and oxygen atoms in total. The third-order valence-electron chi connectivity index (χ3n) is 3.97. The minimum Gasteiger partial charge on any atom is -0.480 e. The maximum absolute atomic E-state index is 11.6. The van der Waals surface area contributed by atoms with E-state index in [1.165, 1.54) is 14.0 Å². The standard InChI is InChI=1S/C14H20BNO4/c1-9(17)11-7-10(8-16-12(11)18-6)15-19-13(2,3)14(4,5)20-15/h7-8H,1-6H3. The first kappa shape index (κ1) is 15.0. The van der Waals surface area contributed by atoms with Crippen LogP contribution in [0.3, 0.4) is 0 Å². The van der Waals surface area contributed by atoms with Crippen molar-refractivity contribution in [3.05, 3.63) is 17.8 Å². The molecule has 0 bridgehead atoms. The zero-order valence-electron chi connectivity index (χ0n) is 12.8. The molecule has 1 aliphatic rings. The maximum atomic E-state index is 11.6. The van der Waals surface area contributed by atoms with Crippen molar-refractivity contribution in [1.82, 2.24) is 4.98 Å². The van der Waals surface area contributed by atoms with Gasteiger partial charge in [0.2, 0.25) is 5.88 Å². The molecular formula is C14H20BNO4. The summed E-state index contributed by atoms with van der Waals surface area (Å²) < 4.78 is 17.0. The number of carbonyl (C=O) groups is 1. The largest absolute Gasteiger partial charge is 0.496 e. The fraction of sp³-hybridized carbons (Fsp3) is 0.571. The third kappa shape index (κ3) is 2.45. The first-order valence-corrected chi connectivity index (χ1v) is 6.58. The van der Waals surface area contributed by atoms with Crippen LogP contribution in [0.1, 0.15) is 45.0 Å². The van der Waals surface area contributed by atoms with Gasteiger partial charge < -0.3 is 14.0 Å². The Morgan fingerprint density at radius 2 is 1.80 bits per heavy atom. The molecule has 20 heavy (non-hydrogen) atoms. The number of hydrogen-bond acceptors (Lipinski definition) is 5. The molecule has 0 N–H and O–H groups in total. The monoisotopic (exact) mass is 277 g/mol. The Balaban J connectivity index is 2.36. The van der Waals surface area contributed by atoms with Gasteiger partial charge in [0, 0.05) is 11.7 Å². The molecule has 1 fully saturated rings. The second-order valence-electron chi connectivity index (χ2n) is 5.97. The van der Waals surface area contributed by atoms with Crippen LogP contribution in [0.25, 0.3) is 0 Å². The molecule has 1 aromatic rings. The van der Waals surface area contributed by atoms with E-state index in [1.807, 2.05) is 27.7 Å². The summed E-state index contributed by atoms with van der Waals surface area (Å²) >= 11 is 0. The summed E-state index contributed by atoms with van der Waals surface area (Å²) in [6, 6.07) is 1.72. The number of ketones is 1. The number of methoxy groups -OCH3 is 1. The number of ether oxygens (including phenoxy) is 1. The summed E-state index contributed by atoms with van der Waals surface area (Å²) in [5.41, 5.74) is 0.302. The third-order valence-corrected chi connectivity index (χ3v) is 3.97. The Bertz CT molecular complexity index is 526. The van der Waals surface area contributed by atoms with Crippen LogP contribution >= 0.6 is 0 Å². The van der Waals surface area contributed by atoms with Crippen LogP contribution < -0.4 is 10.2 Å². The molecule has 1 saturated heterocycles. The van der Waals surface area contributed by atoms with Gasteiger partial charge >= 0.3 is 7.12 Å². The van der Waals surface area contributed by atoms with Gasteiger partial charge in [0.15, 0.2) is 5.78 Å². The molecule has 1 aromatic heterocycles. The van der Waals surface area contributed by atoms with E-state index in [0.717, 1.165) is 5.46 Å². The highest BCUT2D eigenvalue weighted by molar-refractivity contribution is 6.62. The lowest BCUT2D eigenvalue weighted by atomic mass is 9.79. The number of Topliss-reactive ketones (excluding diaryl/α,β-unsaturated/α-hetero) is 1. The Labute approximate surface area is 119 Å². The summed E-state index contributed by atoms with van der Waals surface area (Å²) in [6.07, 6.45) is 1.62. The first-order valence-electron chi connectivity index (χ1n) is 6.58. The van der Waals surface area contributed by atoms with Crippen molar-refractivity contribution in [2.45, 2.75) is 45.8 Å². The van der Waals surface area contributed by atoms with Crippen LogP contribution in [-0.4, -0.2) is 36.2 Å².